The molecule has 3 N–H and O–H groups in total. The van der Waals surface area contributed by atoms with Crippen LogP contribution in [0.4, 0.5) is 10.1 Å². The van der Waals surface area contributed by atoms with Gasteiger partial charge in [-0.05, 0) is 50.9 Å². The van der Waals surface area contributed by atoms with Crippen LogP contribution < -0.4 is 5.73 Å². The largest absolute Gasteiger partial charge is 0.492 e. The van der Waals surface area contributed by atoms with E-state index < -0.39 is 24.1 Å². The third kappa shape index (κ3) is 3.12. The normalized spacial score (nSPS) is 20.9. The van der Waals surface area contributed by atoms with Crippen LogP contribution in [0.1, 0.15) is 33.3 Å². The lowest BCUT2D eigenvalue weighted by atomic mass is 9.77. The Balaban J connectivity index is 2.31. The predicted molar refractivity (Wildman–Crippen MR) is 82.0 cm³/mol. The van der Waals surface area contributed by atoms with Gasteiger partial charge in [0.1, 0.15) is 5.82 Å². The summed E-state index contributed by atoms with van der Waals surface area (Å²) < 4.78 is 24.8. The lowest BCUT2D eigenvalue weighted by molar-refractivity contribution is 0.00578. The molecule has 0 atom stereocenters. The SMILES string of the molecule is CC1(C)OB(C(=Cc2ccc(F)cc2N)CO)OC1(C)C. The number of aliphatic hydroxyl groups excluding tert-OH is 1. The maximum Gasteiger partial charge on any atom is 0.492 e. The average Bonchev–Trinajstić information content (AvgIpc) is 2.57. The summed E-state index contributed by atoms with van der Waals surface area (Å²) in [5, 5.41) is 9.59. The van der Waals surface area contributed by atoms with E-state index in [1.807, 2.05) is 27.7 Å². The smallest absolute Gasteiger partial charge is 0.400 e. The molecule has 2 rings (SSSR count). The molecule has 114 valence electrons. The maximum absolute atomic E-state index is 13.1. The summed E-state index contributed by atoms with van der Waals surface area (Å²) in [5.74, 6) is -0.397. The van der Waals surface area contributed by atoms with E-state index in [4.69, 9.17) is 15.0 Å². The van der Waals surface area contributed by atoms with Gasteiger partial charge in [0.25, 0.3) is 0 Å². The second-order valence-electron chi connectivity index (χ2n) is 6.24. The van der Waals surface area contributed by atoms with Gasteiger partial charge in [-0.2, -0.15) is 0 Å². The quantitative estimate of drug-likeness (QED) is 0.663. The minimum Gasteiger partial charge on any atom is -0.400 e. The molecule has 1 aliphatic heterocycles. The molecule has 0 radical (unpaired) electrons. The number of rotatable bonds is 3. The first-order valence-electron chi connectivity index (χ1n) is 6.88. The Morgan fingerprint density at radius 2 is 1.86 bits per heavy atom. The molecule has 1 fully saturated rings. The van der Waals surface area contributed by atoms with Crippen molar-refractivity contribution in [3.63, 3.8) is 0 Å². The van der Waals surface area contributed by atoms with E-state index in [9.17, 15) is 9.50 Å². The van der Waals surface area contributed by atoms with Crippen LogP contribution in [-0.2, 0) is 9.31 Å². The highest BCUT2D eigenvalue weighted by Crippen LogP contribution is 2.38. The molecule has 0 unspecified atom stereocenters. The van der Waals surface area contributed by atoms with E-state index in [1.54, 1.807) is 12.1 Å². The highest BCUT2D eigenvalue weighted by Gasteiger charge is 2.52. The Morgan fingerprint density at radius 1 is 1.29 bits per heavy atom. The van der Waals surface area contributed by atoms with Crippen LogP contribution >= 0.6 is 0 Å². The Bertz CT molecular complexity index is 556. The zero-order chi connectivity index (χ0) is 15.8. The fraction of sp³-hybridized carbons (Fsp3) is 0.467. The molecular formula is C15H21BFNO3. The Kier molecular flexibility index (Phi) is 4.15. The van der Waals surface area contributed by atoms with Crippen LogP contribution in [-0.4, -0.2) is 30.0 Å². The highest BCUT2D eigenvalue weighted by molar-refractivity contribution is 6.55. The second-order valence-corrected chi connectivity index (χ2v) is 6.24. The second kappa shape index (κ2) is 5.44. The minimum atomic E-state index is -0.649. The summed E-state index contributed by atoms with van der Waals surface area (Å²) in [4.78, 5) is 0. The van der Waals surface area contributed by atoms with Gasteiger partial charge in [-0.1, -0.05) is 12.1 Å². The summed E-state index contributed by atoms with van der Waals surface area (Å²) in [6.45, 7) is 7.53. The van der Waals surface area contributed by atoms with Crippen molar-refractivity contribution in [2.45, 2.75) is 38.9 Å². The van der Waals surface area contributed by atoms with Crippen molar-refractivity contribution >= 4 is 18.9 Å². The zero-order valence-corrected chi connectivity index (χ0v) is 12.8. The molecule has 1 saturated heterocycles. The van der Waals surface area contributed by atoms with Gasteiger partial charge < -0.3 is 20.1 Å². The van der Waals surface area contributed by atoms with Crippen LogP contribution in [0.2, 0.25) is 0 Å². The van der Waals surface area contributed by atoms with Gasteiger partial charge in [-0.3, -0.25) is 0 Å². The average molecular weight is 293 g/mol. The van der Waals surface area contributed by atoms with Gasteiger partial charge in [-0.25, -0.2) is 4.39 Å². The number of nitrogen functional groups attached to an aromatic ring is 1. The van der Waals surface area contributed by atoms with Crippen molar-refractivity contribution in [2.75, 3.05) is 12.3 Å². The number of hydrogen-bond acceptors (Lipinski definition) is 4. The van der Waals surface area contributed by atoms with E-state index in [-0.39, 0.29) is 6.61 Å². The van der Waals surface area contributed by atoms with Crippen molar-refractivity contribution in [2.24, 2.45) is 0 Å². The number of nitrogens with two attached hydrogens (primary N) is 1. The predicted octanol–water partition coefficient (Wildman–Crippen LogP) is 2.42. The van der Waals surface area contributed by atoms with Gasteiger partial charge >= 0.3 is 7.12 Å². The summed E-state index contributed by atoms with van der Waals surface area (Å²) >= 11 is 0. The van der Waals surface area contributed by atoms with Crippen molar-refractivity contribution in [3.05, 3.63) is 35.1 Å². The van der Waals surface area contributed by atoms with Gasteiger partial charge in [0.2, 0.25) is 0 Å². The summed E-state index contributed by atoms with van der Waals surface area (Å²) in [7, 11) is -0.649. The first-order chi connectivity index (χ1) is 9.66. The van der Waals surface area contributed by atoms with Crippen molar-refractivity contribution < 1.29 is 18.8 Å². The topological polar surface area (TPSA) is 64.7 Å². The monoisotopic (exact) mass is 293 g/mol. The summed E-state index contributed by atoms with van der Waals surface area (Å²) in [5.41, 5.74) is 6.28. The molecule has 4 nitrogen and oxygen atoms in total. The number of halogens is 1. The lowest BCUT2D eigenvalue weighted by Crippen LogP contribution is -2.41. The molecule has 21 heavy (non-hydrogen) atoms. The molecule has 0 aromatic heterocycles. The van der Waals surface area contributed by atoms with E-state index in [1.165, 1.54) is 12.1 Å². The Morgan fingerprint density at radius 3 is 2.33 bits per heavy atom. The molecule has 0 amide bonds. The van der Waals surface area contributed by atoms with Crippen LogP contribution in [0.5, 0.6) is 0 Å². The Hall–Kier alpha value is -1.37. The van der Waals surface area contributed by atoms with Gasteiger partial charge in [0.05, 0.1) is 17.8 Å². The summed E-state index contributed by atoms with van der Waals surface area (Å²) in [6.07, 6.45) is 1.68. The fourth-order valence-corrected chi connectivity index (χ4v) is 2.06. The molecule has 1 aliphatic rings. The zero-order valence-electron chi connectivity index (χ0n) is 12.8. The van der Waals surface area contributed by atoms with Crippen molar-refractivity contribution in [1.29, 1.82) is 0 Å². The van der Waals surface area contributed by atoms with E-state index in [0.29, 0.717) is 16.7 Å². The number of aliphatic hydroxyl groups is 1. The molecule has 0 aliphatic carbocycles. The third-order valence-corrected chi connectivity index (χ3v) is 4.13. The standard InChI is InChI=1S/C15H21BFNO3/c1-14(2)15(3,4)21-16(20-14)11(9-19)7-10-5-6-12(17)8-13(10)18/h5-8,19H,9,18H2,1-4H3. The first-order valence-corrected chi connectivity index (χ1v) is 6.88. The molecule has 0 saturated carbocycles. The molecule has 0 spiro atoms. The minimum absolute atomic E-state index is 0.229. The van der Waals surface area contributed by atoms with Gasteiger partial charge in [0.15, 0.2) is 0 Å². The molecule has 1 aromatic carbocycles. The molecule has 6 heteroatoms. The molecule has 1 aromatic rings. The van der Waals surface area contributed by atoms with E-state index in [0.717, 1.165) is 0 Å². The fourth-order valence-electron chi connectivity index (χ4n) is 2.06. The first kappa shape index (κ1) is 16.0. The van der Waals surface area contributed by atoms with Crippen LogP contribution in [0, 0.1) is 5.82 Å². The number of benzene rings is 1. The lowest BCUT2D eigenvalue weighted by Gasteiger charge is -2.32. The van der Waals surface area contributed by atoms with Crippen molar-refractivity contribution in [1.82, 2.24) is 0 Å². The van der Waals surface area contributed by atoms with Crippen LogP contribution in [0.25, 0.3) is 6.08 Å². The van der Waals surface area contributed by atoms with Crippen LogP contribution in [0.3, 0.4) is 0 Å². The van der Waals surface area contributed by atoms with Crippen LogP contribution in [0.15, 0.2) is 23.7 Å². The van der Waals surface area contributed by atoms with Gasteiger partial charge in [0, 0.05) is 5.69 Å². The molecule has 0 bridgehead atoms. The van der Waals surface area contributed by atoms with Gasteiger partial charge in [-0.15, -0.1) is 0 Å². The number of hydrogen-bond donors (Lipinski definition) is 2. The van der Waals surface area contributed by atoms with E-state index >= 15 is 0 Å². The third-order valence-electron chi connectivity index (χ3n) is 4.13. The number of anilines is 1. The highest BCUT2D eigenvalue weighted by atomic mass is 19.1. The molecular weight excluding hydrogens is 272 g/mol. The van der Waals surface area contributed by atoms with E-state index in [2.05, 4.69) is 0 Å². The maximum atomic E-state index is 13.1. The van der Waals surface area contributed by atoms with Crippen molar-refractivity contribution in [3.8, 4) is 0 Å². The Labute approximate surface area is 124 Å². The molecule has 1 heterocycles. The summed E-state index contributed by atoms with van der Waals surface area (Å²) in [6, 6.07) is 4.12.